The Balaban J connectivity index is 1.78. The zero-order valence-electron chi connectivity index (χ0n) is 16.2. The van der Waals surface area contributed by atoms with Crippen LogP contribution in [-0.4, -0.2) is 81.6 Å². The van der Waals surface area contributed by atoms with E-state index in [0.717, 1.165) is 11.3 Å². The SMILES string of the molecule is COC(=O)CON=C(C(=O)NC1C(=O)N2C(C(=O)O)=C(SC)CS[C@@H]12)c1csc(N)n1. The highest BCUT2D eigenvalue weighted by molar-refractivity contribution is 8.05. The minimum Gasteiger partial charge on any atom is -0.477 e. The first-order chi connectivity index (χ1) is 14.8. The number of β-lactam (4-membered cyclic amide) rings is 1. The number of hydrogen-bond acceptors (Lipinski definition) is 12. The molecule has 166 valence electrons. The van der Waals surface area contributed by atoms with Gasteiger partial charge in [0.15, 0.2) is 10.8 Å². The van der Waals surface area contributed by atoms with Crippen LogP contribution in [-0.2, 0) is 28.8 Å². The predicted octanol–water partition coefficient (Wildman–Crippen LogP) is -0.322. The molecule has 15 heteroatoms. The number of thioether (sulfide) groups is 2. The van der Waals surface area contributed by atoms with Gasteiger partial charge in [-0.3, -0.25) is 14.5 Å². The number of hydrogen-bond donors (Lipinski definition) is 3. The number of methoxy groups -OCH3 is 1. The molecule has 2 aliphatic rings. The first-order valence-corrected chi connectivity index (χ1v) is 11.7. The molecule has 1 aromatic rings. The van der Waals surface area contributed by atoms with Crippen molar-refractivity contribution in [3.8, 4) is 0 Å². The number of esters is 1. The van der Waals surface area contributed by atoms with E-state index in [4.69, 9.17) is 10.6 Å². The first-order valence-electron chi connectivity index (χ1n) is 8.52. The van der Waals surface area contributed by atoms with E-state index in [2.05, 4.69) is 20.2 Å². The number of aliphatic carboxylic acids is 1. The highest BCUT2D eigenvalue weighted by Gasteiger charge is 2.54. The largest absolute Gasteiger partial charge is 0.477 e. The molecule has 1 unspecified atom stereocenters. The van der Waals surface area contributed by atoms with Crippen LogP contribution >= 0.6 is 34.9 Å². The van der Waals surface area contributed by atoms with Crippen molar-refractivity contribution in [2.24, 2.45) is 5.16 Å². The summed E-state index contributed by atoms with van der Waals surface area (Å²) in [5.41, 5.74) is 5.35. The lowest BCUT2D eigenvalue weighted by atomic mass is 10.0. The molecular weight excluding hydrogens is 470 g/mol. The normalized spacial score (nSPS) is 20.6. The van der Waals surface area contributed by atoms with Crippen LogP contribution in [0, 0.1) is 0 Å². The number of rotatable bonds is 8. The second-order valence-electron chi connectivity index (χ2n) is 6.00. The monoisotopic (exact) mass is 487 g/mol. The Kier molecular flexibility index (Phi) is 7.07. The van der Waals surface area contributed by atoms with E-state index in [0.29, 0.717) is 10.7 Å². The molecule has 1 fully saturated rings. The van der Waals surface area contributed by atoms with Gasteiger partial charge in [-0.2, -0.15) is 0 Å². The Morgan fingerprint density at radius 1 is 1.48 bits per heavy atom. The van der Waals surface area contributed by atoms with Gasteiger partial charge in [0.2, 0.25) is 6.61 Å². The van der Waals surface area contributed by atoms with Gasteiger partial charge in [-0.15, -0.1) is 34.9 Å². The van der Waals surface area contributed by atoms with Crippen LogP contribution in [0.5, 0.6) is 0 Å². The van der Waals surface area contributed by atoms with Gasteiger partial charge in [-0.25, -0.2) is 14.6 Å². The summed E-state index contributed by atoms with van der Waals surface area (Å²) in [4.78, 5) is 58.9. The summed E-state index contributed by atoms with van der Waals surface area (Å²) in [6.45, 7) is -0.536. The number of amides is 2. The summed E-state index contributed by atoms with van der Waals surface area (Å²) in [6.07, 6.45) is 1.74. The Labute approximate surface area is 188 Å². The number of nitrogens with zero attached hydrogens (tertiary/aromatic N) is 3. The number of thiazole rings is 1. The zero-order chi connectivity index (χ0) is 22.7. The third kappa shape index (κ3) is 4.62. The molecule has 12 nitrogen and oxygen atoms in total. The molecule has 3 heterocycles. The fourth-order valence-electron chi connectivity index (χ4n) is 2.77. The Bertz CT molecular complexity index is 992. The number of nitrogens with one attached hydrogen (secondary N) is 1. The second kappa shape index (κ2) is 9.57. The smallest absolute Gasteiger partial charge is 0.353 e. The van der Waals surface area contributed by atoms with Crippen LogP contribution in [0.3, 0.4) is 0 Å². The maximum atomic E-state index is 12.8. The quantitative estimate of drug-likeness (QED) is 0.190. The number of carboxylic acids is 1. The summed E-state index contributed by atoms with van der Waals surface area (Å²) < 4.78 is 4.44. The molecule has 0 saturated carbocycles. The third-order valence-corrected chi connectivity index (χ3v) is 7.18. The number of oxime groups is 1. The Morgan fingerprint density at radius 2 is 2.23 bits per heavy atom. The van der Waals surface area contributed by atoms with Crippen molar-refractivity contribution in [2.75, 3.05) is 31.5 Å². The minimum absolute atomic E-state index is 0.0747. The summed E-state index contributed by atoms with van der Waals surface area (Å²) >= 11 is 3.66. The van der Waals surface area contributed by atoms with E-state index in [1.165, 1.54) is 40.9 Å². The van der Waals surface area contributed by atoms with E-state index in [-0.39, 0.29) is 22.2 Å². The van der Waals surface area contributed by atoms with E-state index < -0.39 is 41.8 Å². The molecule has 2 amide bonds. The number of anilines is 1. The highest BCUT2D eigenvalue weighted by atomic mass is 32.2. The van der Waals surface area contributed by atoms with Crippen LogP contribution in [0.25, 0.3) is 0 Å². The van der Waals surface area contributed by atoms with Crippen LogP contribution in [0.1, 0.15) is 5.69 Å². The second-order valence-corrected chi connectivity index (χ2v) is 8.90. The molecule has 0 radical (unpaired) electrons. The van der Waals surface area contributed by atoms with Gasteiger partial charge in [-0.1, -0.05) is 5.16 Å². The van der Waals surface area contributed by atoms with Crippen molar-refractivity contribution in [3.05, 3.63) is 21.7 Å². The van der Waals surface area contributed by atoms with Gasteiger partial charge >= 0.3 is 11.9 Å². The molecule has 1 aromatic heterocycles. The third-order valence-electron chi connectivity index (χ3n) is 4.21. The van der Waals surface area contributed by atoms with Crippen LogP contribution in [0.4, 0.5) is 5.13 Å². The average molecular weight is 488 g/mol. The summed E-state index contributed by atoms with van der Waals surface area (Å²) in [5, 5.41) is 16.8. The zero-order valence-corrected chi connectivity index (χ0v) is 18.6. The molecule has 0 aromatic carbocycles. The van der Waals surface area contributed by atoms with Crippen molar-refractivity contribution >= 4 is 69.5 Å². The molecule has 3 rings (SSSR count). The number of ether oxygens (including phenoxy) is 1. The minimum atomic E-state index is -1.20. The van der Waals surface area contributed by atoms with Crippen LogP contribution < -0.4 is 11.1 Å². The fourth-order valence-corrected chi connectivity index (χ4v) is 5.56. The number of aromatic nitrogens is 1. The maximum Gasteiger partial charge on any atom is 0.353 e. The number of carbonyl (C=O) groups excluding carboxylic acids is 3. The van der Waals surface area contributed by atoms with Gasteiger partial charge < -0.3 is 25.7 Å². The fraction of sp³-hybridized carbons (Fsp3) is 0.375. The summed E-state index contributed by atoms with van der Waals surface area (Å²) in [7, 11) is 1.17. The first kappa shape index (κ1) is 22.9. The topological polar surface area (TPSA) is 174 Å². The molecule has 0 spiro atoms. The molecule has 0 aliphatic carbocycles. The standard InChI is InChI=1S/C16H17N5O7S3/c1-27-8(22)3-28-20-9(6-4-31-16(17)18-6)12(23)19-10-13(24)21-11(15(25)26)7(29-2)5-30-14(10)21/h4,10,14H,3,5H2,1-2H3,(H2,17,18)(H,19,23)(H,25,26)/t10?,14-/m0/s1. The average Bonchev–Trinajstić information content (AvgIpc) is 3.18. The summed E-state index contributed by atoms with van der Waals surface area (Å²) in [6, 6.07) is -0.961. The van der Waals surface area contributed by atoms with E-state index in [1.807, 2.05) is 0 Å². The number of nitrogens with two attached hydrogens (primary N) is 1. The van der Waals surface area contributed by atoms with Gasteiger partial charge in [0.25, 0.3) is 11.8 Å². The van der Waals surface area contributed by atoms with Crippen molar-refractivity contribution in [3.63, 3.8) is 0 Å². The number of nitrogen functional groups attached to an aromatic ring is 1. The number of carboxylic acid groups (broad SMARTS) is 1. The molecule has 0 bridgehead atoms. The lowest BCUT2D eigenvalue weighted by molar-refractivity contribution is -0.150. The van der Waals surface area contributed by atoms with Gasteiger partial charge in [0.1, 0.15) is 22.8 Å². The lowest BCUT2D eigenvalue weighted by Crippen LogP contribution is -2.71. The van der Waals surface area contributed by atoms with Gasteiger partial charge in [0, 0.05) is 16.0 Å². The van der Waals surface area contributed by atoms with Crippen LogP contribution in [0.2, 0.25) is 0 Å². The molecule has 31 heavy (non-hydrogen) atoms. The van der Waals surface area contributed by atoms with Gasteiger partial charge in [0.05, 0.1) is 7.11 Å². The molecule has 2 aliphatic heterocycles. The lowest BCUT2D eigenvalue weighted by Gasteiger charge is -2.49. The number of fused-ring (bicyclic) bond motifs is 1. The Morgan fingerprint density at radius 3 is 2.81 bits per heavy atom. The highest BCUT2D eigenvalue weighted by Crippen LogP contribution is 2.42. The van der Waals surface area contributed by atoms with Crippen LogP contribution in [0.15, 0.2) is 21.1 Å². The molecule has 2 atom stereocenters. The molecular formula is C16H17N5O7S3. The van der Waals surface area contributed by atoms with Crippen molar-refractivity contribution in [2.45, 2.75) is 11.4 Å². The van der Waals surface area contributed by atoms with E-state index in [9.17, 15) is 24.3 Å². The van der Waals surface area contributed by atoms with Crippen molar-refractivity contribution < 1.29 is 33.9 Å². The number of carbonyl (C=O) groups is 4. The predicted molar refractivity (Wildman–Crippen MR) is 114 cm³/mol. The van der Waals surface area contributed by atoms with E-state index in [1.54, 1.807) is 6.26 Å². The van der Waals surface area contributed by atoms with E-state index >= 15 is 0 Å². The Hall–Kier alpha value is -2.78. The van der Waals surface area contributed by atoms with Gasteiger partial charge in [-0.05, 0) is 6.26 Å². The summed E-state index contributed by atoms with van der Waals surface area (Å²) in [5.74, 6) is -2.85. The molecule has 1 saturated heterocycles. The maximum absolute atomic E-state index is 12.8. The van der Waals surface area contributed by atoms with Crippen molar-refractivity contribution in [1.82, 2.24) is 15.2 Å². The molecule has 4 N–H and O–H groups in total. The van der Waals surface area contributed by atoms with Crippen molar-refractivity contribution in [1.29, 1.82) is 0 Å².